The largest absolute Gasteiger partial charge is 0.309 e. The van der Waals surface area contributed by atoms with Gasteiger partial charge in [0.2, 0.25) is 0 Å². The molecule has 0 saturated carbocycles. The fraction of sp³-hybridized carbons (Fsp3) is 0.0455. The Hall–Kier alpha value is -5.43. The first-order valence-electron chi connectivity index (χ1n) is 16.1. The van der Waals surface area contributed by atoms with E-state index in [9.17, 15) is 0 Å². The first-order valence-corrected chi connectivity index (χ1v) is 17.8. The van der Waals surface area contributed by atoms with Crippen LogP contribution in [0.1, 0.15) is 19.4 Å². The summed E-state index contributed by atoms with van der Waals surface area (Å²) in [4.78, 5) is 0. The predicted molar refractivity (Wildman–Crippen MR) is 201 cm³/mol. The van der Waals surface area contributed by atoms with Crippen LogP contribution >= 0.6 is 7.14 Å². The van der Waals surface area contributed by atoms with E-state index < -0.39 is 7.14 Å². The molecular formula is C44H34NOP. The first-order chi connectivity index (χ1) is 23.1. The van der Waals surface area contributed by atoms with Crippen LogP contribution in [0.4, 0.5) is 0 Å². The first kappa shape index (κ1) is 29.0. The van der Waals surface area contributed by atoms with Gasteiger partial charge in [0.1, 0.15) is 0 Å². The molecule has 0 bridgehead atoms. The lowest BCUT2D eigenvalue weighted by atomic mass is 9.96. The summed E-state index contributed by atoms with van der Waals surface area (Å²) >= 11 is 0. The topological polar surface area (TPSA) is 22.0 Å². The molecule has 0 fully saturated rings. The van der Waals surface area contributed by atoms with Gasteiger partial charge in [0.05, 0.1) is 11.2 Å². The van der Waals surface area contributed by atoms with Gasteiger partial charge in [-0.2, -0.15) is 0 Å². The number of rotatable bonds is 5. The maximum Gasteiger partial charge on any atom is 0.172 e. The van der Waals surface area contributed by atoms with Crippen molar-refractivity contribution in [3.05, 3.63) is 175 Å². The highest BCUT2D eigenvalue weighted by Gasteiger charge is 2.39. The Kier molecular flexibility index (Phi) is 7.24. The Bertz CT molecular complexity index is 2400. The number of hydrogen-bond acceptors (Lipinski definition) is 1. The molecule has 8 rings (SSSR count). The summed E-state index contributed by atoms with van der Waals surface area (Å²) < 4.78 is 18.3. The van der Waals surface area contributed by atoms with E-state index >= 15 is 4.57 Å². The van der Waals surface area contributed by atoms with Crippen LogP contribution in [0.2, 0.25) is 0 Å². The Morgan fingerprint density at radius 3 is 1.96 bits per heavy atom. The van der Waals surface area contributed by atoms with Crippen molar-refractivity contribution in [2.75, 3.05) is 0 Å². The van der Waals surface area contributed by atoms with Crippen molar-refractivity contribution in [3.8, 4) is 39.2 Å². The molecule has 0 aliphatic carbocycles. The van der Waals surface area contributed by atoms with Crippen LogP contribution in [0.25, 0.3) is 55.7 Å². The van der Waals surface area contributed by atoms with E-state index in [0.717, 1.165) is 77.2 Å². The summed E-state index contributed by atoms with van der Waals surface area (Å²) in [5.41, 5.74) is 11.0. The van der Waals surface area contributed by atoms with Crippen molar-refractivity contribution < 1.29 is 4.57 Å². The van der Waals surface area contributed by atoms with E-state index in [0.29, 0.717) is 0 Å². The quantitative estimate of drug-likeness (QED) is 0.138. The Morgan fingerprint density at radius 2 is 1.23 bits per heavy atom. The fourth-order valence-corrected chi connectivity index (χ4v) is 10.3. The minimum Gasteiger partial charge on any atom is -0.309 e. The maximum absolute atomic E-state index is 15.9. The third-order valence-corrected chi connectivity index (χ3v) is 12.4. The summed E-state index contributed by atoms with van der Waals surface area (Å²) in [5, 5.41) is 3.73. The van der Waals surface area contributed by atoms with Crippen molar-refractivity contribution in [1.29, 1.82) is 0 Å². The van der Waals surface area contributed by atoms with E-state index in [-0.39, 0.29) is 0 Å². The molecule has 7 aromatic rings. The second kappa shape index (κ2) is 11.7. The smallest absolute Gasteiger partial charge is 0.172 e. The number of benzene rings is 6. The number of para-hydroxylation sites is 1. The van der Waals surface area contributed by atoms with E-state index in [1.165, 1.54) is 0 Å². The summed E-state index contributed by atoms with van der Waals surface area (Å²) in [7, 11) is -3.26. The Morgan fingerprint density at radius 1 is 0.617 bits per heavy atom. The molecule has 1 unspecified atom stereocenters. The van der Waals surface area contributed by atoms with Crippen molar-refractivity contribution >= 4 is 39.5 Å². The minimum absolute atomic E-state index is 0.846. The number of hydrogen-bond donors (Lipinski definition) is 0. The lowest BCUT2D eigenvalue weighted by Gasteiger charge is -2.22. The van der Waals surface area contributed by atoms with Crippen LogP contribution in [0, 0.1) is 0 Å². The van der Waals surface area contributed by atoms with Gasteiger partial charge in [-0.15, -0.1) is 0 Å². The summed E-state index contributed by atoms with van der Waals surface area (Å²) in [6.45, 7) is 4.15. The lowest BCUT2D eigenvalue weighted by molar-refractivity contribution is 0.592. The van der Waals surface area contributed by atoms with E-state index in [1.54, 1.807) is 0 Å². The Labute approximate surface area is 276 Å². The highest BCUT2D eigenvalue weighted by Crippen LogP contribution is 2.54. The van der Waals surface area contributed by atoms with Crippen molar-refractivity contribution in [2.24, 2.45) is 0 Å². The zero-order chi connectivity index (χ0) is 32.0. The molecule has 0 amide bonds. The molecule has 3 heteroatoms. The monoisotopic (exact) mass is 623 g/mol. The molecule has 0 N–H and O–H groups in total. The highest BCUT2D eigenvalue weighted by molar-refractivity contribution is 7.85. The lowest BCUT2D eigenvalue weighted by Crippen LogP contribution is -2.26. The van der Waals surface area contributed by atoms with Crippen LogP contribution in [-0.2, 0) is 4.57 Å². The van der Waals surface area contributed by atoms with Gasteiger partial charge in [0.15, 0.2) is 7.14 Å². The molecular weight excluding hydrogens is 589 g/mol. The van der Waals surface area contributed by atoms with Gasteiger partial charge in [-0.1, -0.05) is 146 Å². The van der Waals surface area contributed by atoms with Crippen LogP contribution in [0.5, 0.6) is 0 Å². The van der Waals surface area contributed by atoms with Crippen LogP contribution in [-0.4, -0.2) is 4.57 Å². The molecule has 0 radical (unpaired) electrons. The van der Waals surface area contributed by atoms with Gasteiger partial charge in [0, 0.05) is 38.1 Å². The molecule has 226 valence electrons. The zero-order valence-electron chi connectivity index (χ0n) is 26.5. The minimum atomic E-state index is -3.26. The third kappa shape index (κ3) is 4.60. The molecule has 6 aromatic carbocycles. The van der Waals surface area contributed by atoms with Crippen LogP contribution < -0.4 is 15.9 Å². The molecule has 1 aromatic heterocycles. The predicted octanol–water partition coefficient (Wildman–Crippen LogP) is 10.6. The molecule has 2 nitrogen and oxygen atoms in total. The summed E-state index contributed by atoms with van der Waals surface area (Å²) in [5.74, 6) is 0. The molecule has 2 heterocycles. The van der Waals surface area contributed by atoms with Crippen LogP contribution in [0.3, 0.4) is 0 Å². The summed E-state index contributed by atoms with van der Waals surface area (Å²) in [6, 6.07) is 52.8. The van der Waals surface area contributed by atoms with Gasteiger partial charge in [0.25, 0.3) is 0 Å². The Balaban J connectivity index is 1.54. The number of nitrogens with zero attached hydrogens (tertiary/aromatic N) is 1. The van der Waals surface area contributed by atoms with Gasteiger partial charge >= 0.3 is 0 Å². The van der Waals surface area contributed by atoms with Crippen molar-refractivity contribution in [1.82, 2.24) is 4.57 Å². The molecule has 0 saturated heterocycles. The molecule has 0 spiro atoms. The van der Waals surface area contributed by atoms with Gasteiger partial charge in [-0.3, -0.25) is 0 Å². The standard InChI is InChI=1S/C44H34NOP/c1-3-17-31(4-2)33-28-34(32-18-7-5-8-19-32)30-35(29-33)45-40-25-14-11-22-37(40)43-38-23-12-15-26-41(38)47(46,36-20-9-6-10-21-36)42-27-16-13-24-39(42)44(43)45/h3-30H,1-2H3/b17-3-,31-4+. The number of allylic oxidation sites excluding steroid dienone is 4. The van der Waals surface area contributed by atoms with E-state index in [4.69, 9.17) is 0 Å². The van der Waals surface area contributed by atoms with Crippen molar-refractivity contribution in [3.63, 3.8) is 0 Å². The molecule has 1 aliphatic rings. The van der Waals surface area contributed by atoms with Gasteiger partial charge in [-0.05, 0) is 65.9 Å². The van der Waals surface area contributed by atoms with Gasteiger partial charge < -0.3 is 9.13 Å². The average molecular weight is 624 g/mol. The van der Waals surface area contributed by atoms with Crippen molar-refractivity contribution in [2.45, 2.75) is 13.8 Å². The third-order valence-electron chi connectivity index (χ3n) is 9.28. The van der Waals surface area contributed by atoms with Crippen LogP contribution in [0.15, 0.2) is 170 Å². The fourth-order valence-electron chi connectivity index (χ4n) is 7.23. The average Bonchev–Trinajstić information content (AvgIpc) is 3.44. The number of fused-ring (bicyclic) bond motifs is 7. The normalized spacial score (nSPS) is 15.7. The van der Waals surface area contributed by atoms with E-state index in [1.807, 2.05) is 42.5 Å². The molecule has 47 heavy (non-hydrogen) atoms. The SMILES string of the molecule is C/C=C\C(=C/C)c1cc(-c2ccccc2)cc(-n2c3c(c4ccccc42)-c2ccccc2P(=O)(c2ccccc2)c2ccccc2-3)c1. The second-order valence-electron chi connectivity index (χ2n) is 11.9. The molecule has 1 aliphatic heterocycles. The second-order valence-corrected chi connectivity index (χ2v) is 14.6. The summed E-state index contributed by atoms with van der Waals surface area (Å²) in [6.07, 6.45) is 6.43. The number of aromatic nitrogens is 1. The van der Waals surface area contributed by atoms with E-state index in [2.05, 4.69) is 146 Å². The van der Waals surface area contributed by atoms with Gasteiger partial charge in [-0.25, -0.2) is 0 Å². The zero-order valence-corrected chi connectivity index (χ0v) is 27.4. The highest BCUT2D eigenvalue weighted by atomic mass is 31.2. The molecule has 1 atom stereocenters. The maximum atomic E-state index is 15.9.